The van der Waals surface area contributed by atoms with Crippen LogP contribution in [0.25, 0.3) is 0 Å². The largest absolute Gasteiger partial charge is 0.396 e. The normalized spacial score (nSPS) is 12.4. The monoisotopic (exact) mass is 197 g/mol. The second-order valence-electron chi connectivity index (χ2n) is 2.92. The average molecular weight is 197 g/mol. The van der Waals surface area contributed by atoms with Gasteiger partial charge in [-0.25, -0.2) is 0 Å². The second-order valence-corrected chi connectivity index (χ2v) is 2.92. The zero-order valence-electron chi connectivity index (χ0n) is 8.18. The molecule has 78 valence electrons. The predicted octanol–water partition coefficient (Wildman–Crippen LogP) is 0.286. The fourth-order valence-corrected chi connectivity index (χ4v) is 1.14. The molecule has 1 unspecified atom stereocenters. The molecule has 14 heavy (non-hydrogen) atoms. The van der Waals surface area contributed by atoms with Crippen LogP contribution < -0.4 is 5.32 Å². The topological polar surface area (TPSA) is 67.3 Å². The van der Waals surface area contributed by atoms with Gasteiger partial charge in [0, 0.05) is 19.9 Å². The second kappa shape index (κ2) is 6.28. The van der Waals surface area contributed by atoms with Crippen LogP contribution in [0.4, 0.5) is 5.82 Å². The van der Waals surface area contributed by atoms with Crippen LogP contribution >= 0.6 is 0 Å². The van der Waals surface area contributed by atoms with Crippen LogP contribution in [0.2, 0.25) is 0 Å². The third kappa shape index (κ3) is 3.68. The van der Waals surface area contributed by atoms with Gasteiger partial charge in [-0.1, -0.05) is 0 Å². The lowest BCUT2D eigenvalue weighted by Gasteiger charge is -2.16. The van der Waals surface area contributed by atoms with Crippen molar-refractivity contribution in [2.45, 2.75) is 12.5 Å². The molecule has 0 spiro atoms. The van der Waals surface area contributed by atoms with Crippen LogP contribution in [0.15, 0.2) is 18.3 Å². The Morgan fingerprint density at radius 3 is 3.07 bits per heavy atom. The van der Waals surface area contributed by atoms with Crippen molar-refractivity contribution < 1.29 is 9.84 Å². The van der Waals surface area contributed by atoms with Crippen molar-refractivity contribution in [2.75, 3.05) is 25.6 Å². The minimum atomic E-state index is 0.0710. The molecule has 1 heterocycles. The highest BCUT2D eigenvalue weighted by molar-refractivity contribution is 5.32. The Morgan fingerprint density at radius 2 is 2.50 bits per heavy atom. The number of hydrogen-bond donors (Lipinski definition) is 2. The first-order valence-corrected chi connectivity index (χ1v) is 4.51. The Labute approximate surface area is 83.1 Å². The number of rotatable bonds is 6. The number of aliphatic hydroxyl groups excluding tert-OH is 1. The summed E-state index contributed by atoms with van der Waals surface area (Å²) in [5.41, 5.74) is 0. The first-order chi connectivity index (χ1) is 6.86. The molecule has 0 aromatic carbocycles. The van der Waals surface area contributed by atoms with Crippen molar-refractivity contribution in [3.8, 4) is 0 Å². The Balaban J connectivity index is 2.46. The van der Waals surface area contributed by atoms with Crippen LogP contribution in [0.1, 0.15) is 6.42 Å². The third-order valence-corrected chi connectivity index (χ3v) is 1.77. The summed E-state index contributed by atoms with van der Waals surface area (Å²) >= 11 is 0. The zero-order valence-corrected chi connectivity index (χ0v) is 8.18. The van der Waals surface area contributed by atoms with Crippen LogP contribution in [-0.4, -0.2) is 41.7 Å². The van der Waals surface area contributed by atoms with Crippen LogP contribution in [-0.2, 0) is 4.74 Å². The summed E-state index contributed by atoms with van der Waals surface area (Å²) in [4.78, 5) is 0. The molecule has 0 aliphatic carbocycles. The van der Waals surface area contributed by atoms with Crippen molar-refractivity contribution in [1.29, 1.82) is 0 Å². The van der Waals surface area contributed by atoms with Gasteiger partial charge in [-0.2, -0.15) is 5.10 Å². The van der Waals surface area contributed by atoms with Gasteiger partial charge in [-0.15, -0.1) is 5.10 Å². The van der Waals surface area contributed by atoms with E-state index in [2.05, 4.69) is 15.5 Å². The van der Waals surface area contributed by atoms with Crippen molar-refractivity contribution in [1.82, 2.24) is 10.2 Å². The molecule has 0 bridgehead atoms. The lowest BCUT2D eigenvalue weighted by Crippen LogP contribution is -2.26. The number of nitrogens with zero attached hydrogens (tertiary/aromatic N) is 2. The van der Waals surface area contributed by atoms with Gasteiger partial charge in [-0.05, 0) is 18.6 Å². The average Bonchev–Trinajstić information content (AvgIpc) is 2.20. The van der Waals surface area contributed by atoms with E-state index in [1.165, 1.54) is 0 Å². The van der Waals surface area contributed by atoms with E-state index in [9.17, 15) is 0 Å². The lowest BCUT2D eigenvalue weighted by atomic mass is 10.2. The quantitative estimate of drug-likeness (QED) is 0.686. The zero-order chi connectivity index (χ0) is 10.2. The molecular formula is C9H15N3O2. The molecule has 5 heteroatoms. The maximum Gasteiger partial charge on any atom is 0.148 e. The summed E-state index contributed by atoms with van der Waals surface area (Å²) in [5, 5.41) is 19.6. The summed E-state index contributed by atoms with van der Waals surface area (Å²) in [5.74, 6) is 0.697. The molecule has 1 aromatic rings. The summed E-state index contributed by atoms with van der Waals surface area (Å²) in [6, 6.07) is 3.70. The van der Waals surface area contributed by atoms with Gasteiger partial charge in [0.15, 0.2) is 0 Å². The SMILES string of the molecule is COCC(CCO)Nc1cccnn1. The van der Waals surface area contributed by atoms with Gasteiger partial charge in [0.2, 0.25) is 0 Å². The number of methoxy groups -OCH3 is 1. The highest BCUT2D eigenvalue weighted by Crippen LogP contribution is 2.04. The van der Waals surface area contributed by atoms with Crippen molar-refractivity contribution in [3.05, 3.63) is 18.3 Å². The van der Waals surface area contributed by atoms with E-state index < -0.39 is 0 Å². The number of hydrogen-bond acceptors (Lipinski definition) is 5. The molecule has 0 fully saturated rings. The van der Waals surface area contributed by atoms with Crippen LogP contribution in [0.3, 0.4) is 0 Å². The van der Waals surface area contributed by atoms with Gasteiger partial charge in [0.1, 0.15) is 5.82 Å². The molecule has 1 aromatic heterocycles. The highest BCUT2D eigenvalue weighted by atomic mass is 16.5. The fourth-order valence-electron chi connectivity index (χ4n) is 1.14. The van der Waals surface area contributed by atoms with E-state index in [1.54, 1.807) is 19.4 Å². The lowest BCUT2D eigenvalue weighted by molar-refractivity contribution is 0.170. The van der Waals surface area contributed by atoms with Gasteiger partial charge in [-0.3, -0.25) is 0 Å². The molecule has 5 nitrogen and oxygen atoms in total. The standard InChI is InChI=1S/C9H15N3O2/c1-14-7-8(4-6-13)11-9-3-2-5-10-12-9/h2-3,5,8,13H,4,6-7H2,1H3,(H,11,12). The molecule has 2 N–H and O–H groups in total. The molecule has 0 saturated heterocycles. The van der Waals surface area contributed by atoms with E-state index in [4.69, 9.17) is 9.84 Å². The smallest absolute Gasteiger partial charge is 0.148 e. The Kier molecular flexibility index (Phi) is 4.88. The van der Waals surface area contributed by atoms with E-state index in [-0.39, 0.29) is 12.6 Å². The molecule has 1 rings (SSSR count). The van der Waals surface area contributed by atoms with Crippen molar-refractivity contribution in [3.63, 3.8) is 0 Å². The minimum Gasteiger partial charge on any atom is -0.396 e. The first kappa shape index (κ1) is 10.9. The summed E-state index contributed by atoms with van der Waals surface area (Å²) in [7, 11) is 1.63. The number of aromatic nitrogens is 2. The van der Waals surface area contributed by atoms with Crippen LogP contribution in [0.5, 0.6) is 0 Å². The number of anilines is 1. The van der Waals surface area contributed by atoms with Crippen molar-refractivity contribution >= 4 is 5.82 Å². The third-order valence-electron chi connectivity index (χ3n) is 1.77. The number of nitrogens with one attached hydrogen (secondary N) is 1. The molecule has 0 aliphatic heterocycles. The molecule has 1 atom stereocenters. The Bertz CT molecular complexity index is 237. The van der Waals surface area contributed by atoms with Crippen LogP contribution in [0, 0.1) is 0 Å². The Morgan fingerprint density at radius 1 is 1.64 bits per heavy atom. The maximum atomic E-state index is 8.81. The predicted molar refractivity (Wildman–Crippen MR) is 53.0 cm³/mol. The fraction of sp³-hybridized carbons (Fsp3) is 0.556. The first-order valence-electron chi connectivity index (χ1n) is 4.51. The molecule has 0 saturated carbocycles. The summed E-state index contributed by atoms with van der Waals surface area (Å²) in [6.45, 7) is 0.665. The summed E-state index contributed by atoms with van der Waals surface area (Å²) < 4.78 is 5.01. The molecular weight excluding hydrogens is 182 g/mol. The van der Waals surface area contributed by atoms with Gasteiger partial charge in [0.25, 0.3) is 0 Å². The van der Waals surface area contributed by atoms with Gasteiger partial charge >= 0.3 is 0 Å². The van der Waals surface area contributed by atoms with Gasteiger partial charge in [0.05, 0.1) is 12.6 Å². The van der Waals surface area contributed by atoms with Crippen molar-refractivity contribution in [2.24, 2.45) is 0 Å². The summed E-state index contributed by atoms with van der Waals surface area (Å²) in [6.07, 6.45) is 2.24. The van der Waals surface area contributed by atoms with Gasteiger partial charge < -0.3 is 15.2 Å². The Hall–Kier alpha value is -1.20. The minimum absolute atomic E-state index is 0.0710. The highest BCUT2D eigenvalue weighted by Gasteiger charge is 2.07. The van der Waals surface area contributed by atoms with E-state index in [0.29, 0.717) is 18.8 Å². The molecule has 0 radical (unpaired) electrons. The number of ether oxygens (including phenoxy) is 1. The maximum absolute atomic E-state index is 8.81. The van der Waals surface area contributed by atoms with E-state index >= 15 is 0 Å². The number of aliphatic hydroxyl groups is 1. The molecule has 0 aliphatic rings. The van der Waals surface area contributed by atoms with E-state index in [0.717, 1.165) is 0 Å². The molecule has 0 amide bonds. The van der Waals surface area contributed by atoms with E-state index in [1.807, 2.05) is 6.07 Å².